The molecule has 0 saturated carbocycles. The van der Waals surface area contributed by atoms with Crippen LogP contribution in [-0.4, -0.2) is 16.9 Å². The summed E-state index contributed by atoms with van der Waals surface area (Å²) < 4.78 is 4.95. The molecule has 3 heteroatoms. The van der Waals surface area contributed by atoms with E-state index in [-0.39, 0.29) is 0 Å². The average Bonchev–Trinajstić information content (AvgIpc) is 2.59. The molecule has 0 saturated heterocycles. The molecule has 0 atom stereocenters. The fourth-order valence-corrected chi connectivity index (χ4v) is 4.04. The summed E-state index contributed by atoms with van der Waals surface area (Å²) in [6.45, 7) is 6.69. The molecule has 0 aromatic heterocycles. The molecule has 0 radical (unpaired) electrons. The number of hydrogen-bond acceptors (Lipinski definition) is 3. The lowest BCUT2D eigenvalue weighted by atomic mass is 10.1. The number of unbranched alkanes of at least 4 members (excludes halogenated alkanes) is 1. The highest BCUT2D eigenvalue weighted by atomic mass is 32.2. The smallest absolute Gasteiger partial charge is 0.0527 e. The van der Waals surface area contributed by atoms with Crippen molar-refractivity contribution in [3.05, 3.63) is 65.7 Å². The van der Waals surface area contributed by atoms with Gasteiger partial charge in [0.1, 0.15) is 0 Å². The monoisotopic (exact) mass is 326 g/mol. The van der Waals surface area contributed by atoms with Crippen molar-refractivity contribution in [2.24, 2.45) is 0 Å². The standard InChI is InChI=1S/C20H26N2S/c1-17(2)22-16-19-13-6-7-14-20(19)21(23-22)15-9-8-12-18-10-4-3-5-11-18/h3-7,10-11,13-14,17H,8-9,12,15-16H2,1-2H3. The second kappa shape index (κ2) is 7.89. The first kappa shape index (κ1) is 16.4. The minimum Gasteiger partial charge on any atom is -0.303 e. The molecule has 122 valence electrons. The molecule has 0 aliphatic carbocycles. The Morgan fingerprint density at radius 3 is 2.48 bits per heavy atom. The number of nitrogens with zero attached hydrogens (tertiary/aromatic N) is 2. The number of fused-ring (bicyclic) bond motifs is 1. The van der Waals surface area contributed by atoms with Crippen molar-refractivity contribution in [3.63, 3.8) is 0 Å². The first-order valence-electron chi connectivity index (χ1n) is 8.58. The molecule has 2 aromatic carbocycles. The fraction of sp³-hybridized carbons (Fsp3) is 0.400. The molecule has 0 fully saturated rings. The Bertz CT molecular complexity index is 612. The van der Waals surface area contributed by atoms with E-state index in [0.717, 1.165) is 13.1 Å². The highest BCUT2D eigenvalue weighted by molar-refractivity contribution is 7.98. The van der Waals surface area contributed by atoms with Gasteiger partial charge >= 0.3 is 0 Å². The Kier molecular flexibility index (Phi) is 5.63. The Morgan fingerprint density at radius 1 is 0.957 bits per heavy atom. The van der Waals surface area contributed by atoms with Gasteiger partial charge in [-0.05, 0) is 50.3 Å². The van der Waals surface area contributed by atoms with Crippen LogP contribution in [0.2, 0.25) is 0 Å². The van der Waals surface area contributed by atoms with E-state index in [1.165, 1.54) is 36.1 Å². The average molecular weight is 327 g/mol. The summed E-state index contributed by atoms with van der Waals surface area (Å²) in [6.07, 6.45) is 3.64. The highest BCUT2D eigenvalue weighted by Crippen LogP contribution is 2.37. The summed E-state index contributed by atoms with van der Waals surface area (Å²) in [4.78, 5) is 0. The second-order valence-electron chi connectivity index (χ2n) is 6.42. The lowest BCUT2D eigenvalue weighted by molar-refractivity contribution is 0.385. The summed E-state index contributed by atoms with van der Waals surface area (Å²) in [5.41, 5.74) is 4.29. The van der Waals surface area contributed by atoms with Gasteiger partial charge in [-0.2, -0.15) is 0 Å². The van der Waals surface area contributed by atoms with Crippen LogP contribution in [0.25, 0.3) is 0 Å². The first-order valence-corrected chi connectivity index (χ1v) is 9.31. The molecule has 0 N–H and O–H groups in total. The molecule has 0 bridgehead atoms. The number of aryl methyl sites for hydroxylation is 1. The minimum atomic E-state index is 0.556. The third kappa shape index (κ3) is 4.30. The van der Waals surface area contributed by atoms with Gasteiger partial charge in [0.05, 0.1) is 5.69 Å². The molecule has 23 heavy (non-hydrogen) atoms. The topological polar surface area (TPSA) is 6.48 Å². The molecule has 0 amide bonds. The number of benzene rings is 2. The van der Waals surface area contributed by atoms with Crippen LogP contribution in [0, 0.1) is 0 Å². The van der Waals surface area contributed by atoms with Gasteiger partial charge in [-0.3, -0.25) is 0 Å². The zero-order chi connectivity index (χ0) is 16.1. The summed E-state index contributed by atoms with van der Waals surface area (Å²) in [7, 11) is 0. The zero-order valence-corrected chi connectivity index (χ0v) is 14.9. The SMILES string of the molecule is CC(C)N1Cc2ccccc2N(CCCCc2ccccc2)S1. The normalized spacial score (nSPS) is 15.0. The summed E-state index contributed by atoms with van der Waals surface area (Å²) in [6, 6.07) is 20.2. The van der Waals surface area contributed by atoms with Crippen LogP contribution in [0.1, 0.15) is 37.8 Å². The van der Waals surface area contributed by atoms with E-state index in [1.807, 2.05) is 12.1 Å². The van der Waals surface area contributed by atoms with E-state index in [2.05, 4.69) is 77.1 Å². The van der Waals surface area contributed by atoms with Crippen molar-refractivity contribution in [1.29, 1.82) is 0 Å². The first-order chi connectivity index (χ1) is 11.2. The van der Waals surface area contributed by atoms with E-state index in [0.29, 0.717) is 6.04 Å². The van der Waals surface area contributed by atoms with Gasteiger partial charge in [-0.1, -0.05) is 48.5 Å². The number of para-hydroxylation sites is 1. The Hall–Kier alpha value is -1.45. The van der Waals surface area contributed by atoms with E-state index in [9.17, 15) is 0 Å². The quantitative estimate of drug-likeness (QED) is 0.525. The molecule has 0 spiro atoms. The maximum Gasteiger partial charge on any atom is 0.0527 e. The van der Waals surface area contributed by atoms with Crippen molar-refractivity contribution >= 4 is 17.8 Å². The van der Waals surface area contributed by atoms with Crippen molar-refractivity contribution in [1.82, 2.24) is 4.31 Å². The van der Waals surface area contributed by atoms with E-state index in [4.69, 9.17) is 0 Å². The van der Waals surface area contributed by atoms with Crippen LogP contribution in [-0.2, 0) is 13.0 Å². The van der Waals surface area contributed by atoms with Crippen LogP contribution in [0.4, 0.5) is 5.69 Å². The number of rotatable bonds is 6. The van der Waals surface area contributed by atoms with Crippen molar-refractivity contribution in [2.45, 2.75) is 45.7 Å². The van der Waals surface area contributed by atoms with Crippen molar-refractivity contribution < 1.29 is 0 Å². The summed E-state index contributed by atoms with van der Waals surface area (Å²) in [5, 5.41) is 0. The molecule has 0 unspecified atom stereocenters. The maximum absolute atomic E-state index is 2.48. The predicted octanol–water partition coefficient (Wildman–Crippen LogP) is 5.30. The molecule has 2 aromatic rings. The minimum absolute atomic E-state index is 0.556. The zero-order valence-electron chi connectivity index (χ0n) is 14.1. The third-order valence-corrected chi connectivity index (χ3v) is 5.62. The molecule has 1 heterocycles. The Labute approximate surface area is 144 Å². The van der Waals surface area contributed by atoms with Crippen molar-refractivity contribution in [3.8, 4) is 0 Å². The van der Waals surface area contributed by atoms with Crippen molar-refractivity contribution in [2.75, 3.05) is 10.8 Å². The molecular formula is C20H26N2S. The maximum atomic E-state index is 2.48. The number of anilines is 1. The molecule has 1 aliphatic heterocycles. The van der Waals surface area contributed by atoms with Gasteiger partial charge in [-0.25, -0.2) is 4.31 Å². The van der Waals surface area contributed by atoms with Gasteiger partial charge in [-0.15, -0.1) is 0 Å². The van der Waals surface area contributed by atoms with Crippen LogP contribution in [0.5, 0.6) is 0 Å². The van der Waals surface area contributed by atoms with Crippen LogP contribution < -0.4 is 4.31 Å². The second-order valence-corrected chi connectivity index (χ2v) is 7.50. The third-order valence-electron chi connectivity index (χ3n) is 4.29. The van der Waals surface area contributed by atoms with Crippen LogP contribution >= 0.6 is 12.1 Å². The summed E-state index contributed by atoms with van der Waals surface area (Å²) in [5.74, 6) is 0. The van der Waals surface area contributed by atoms with E-state index in [1.54, 1.807) is 0 Å². The van der Waals surface area contributed by atoms with Gasteiger partial charge in [0.2, 0.25) is 0 Å². The highest BCUT2D eigenvalue weighted by Gasteiger charge is 2.24. The molecule has 1 aliphatic rings. The fourth-order valence-electron chi connectivity index (χ4n) is 2.92. The molecule has 3 rings (SSSR count). The lowest BCUT2D eigenvalue weighted by Crippen LogP contribution is -2.35. The van der Waals surface area contributed by atoms with Gasteiger partial charge < -0.3 is 4.31 Å². The van der Waals surface area contributed by atoms with Crippen LogP contribution in [0.3, 0.4) is 0 Å². The van der Waals surface area contributed by atoms with Crippen LogP contribution in [0.15, 0.2) is 54.6 Å². The molecule has 2 nitrogen and oxygen atoms in total. The lowest BCUT2D eigenvalue weighted by Gasteiger charge is -2.38. The molecular weight excluding hydrogens is 300 g/mol. The van der Waals surface area contributed by atoms with E-state index >= 15 is 0 Å². The number of hydrogen-bond donors (Lipinski definition) is 0. The largest absolute Gasteiger partial charge is 0.303 e. The predicted molar refractivity (Wildman–Crippen MR) is 101 cm³/mol. The summed E-state index contributed by atoms with van der Waals surface area (Å²) >= 11 is 1.90. The van der Waals surface area contributed by atoms with Gasteiger partial charge in [0.25, 0.3) is 0 Å². The Balaban J connectivity index is 1.58. The van der Waals surface area contributed by atoms with Gasteiger partial charge in [0.15, 0.2) is 0 Å². The Morgan fingerprint density at radius 2 is 1.70 bits per heavy atom. The van der Waals surface area contributed by atoms with E-state index < -0.39 is 0 Å². The van der Waals surface area contributed by atoms with Gasteiger partial charge in [0, 0.05) is 31.3 Å².